The Labute approximate surface area is 332 Å². The Hall–Kier alpha value is -7.57. The van der Waals surface area contributed by atoms with Crippen molar-refractivity contribution >= 4 is 65.8 Å². The zero-order valence-corrected chi connectivity index (χ0v) is 31.4. The number of aromatic nitrogens is 3. The Morgan fingerprint density at radius 1 is 0.414 bits per heavy atom. The first-order valence-electron chi connectivity index (χ1n) is 19.6. The van der Waals surface area contributed by atoms with Gasteiger partial charge in [0.05, 0.1) is 0 Å². The highest BCUT2D eigenvalue weighted by molar-refractivity contribution is 6.20. The van der Waals surface area contributed by atoms with Crippen LogP contribution in [0.4, 0.5) is 0 Å². The van der Waals surface area contributed by atoms with Gasteiger partial charge in [-0.25, -0.2) is 15.0 Å². The molecule has 0 saturated carbocycles. The van der Waals surface area contributed by atoms with Crippen LogP contribution in [-0.2, 0) is 0 Å². The zero-order chi connectivity index (χ0) is 38.3. The molecule has 1 aliphatic rings. The van der Waals surface area contributed by atoms with Gasteiger partial charge < -0.3 is 13.3 Å². The van der Waals surface area contributed by atoms with Gasteiger partial charge in [-0.15, -0.1) is 0 Å². The predicted molar refractivity (Wildman–Crippen MR) is 234 cm³/mol. The van der Waals surface area contributed by atoms with Crippen molar-refractivity contribution in [3.8, 4) is 45.3 Å². The second-order valence-corrected chi connectivity index (χ2v) is 15.1. The summed E-state index contributed by atoms with van der Waals surface area (Å²) in [6.07, 6.45) is 8.78. The Balaban J connectivity index is 1.08. The smallest absolute Gasteiger partial charge is 0.164 e. The summed E-state index contributed by atoms with van der Waals surface area (Å²) in [5.41, 5.74) is 10.7. The summed E-state index contributed by atoms with van der Waals surface area (Å²) >= 11 is 0. The molecule has 2 atom stereocenters. The van der Waals surface area contributed by atoms with Gasteiger partial charge in [0.2, 0.25) is 0 Å². The van der Waals surface area contributed by atoms with Gasteiger partial charge in [0.1, 0.15) is 33.5 Å². The topological polar surface area (TPSA) is 78.1 Å². The third kappa shape index (κ3) is 5.08. The monoisotopic (exact) mass is 747 g/mol. The van der Waals surface area contributed by atoms with Gasteiger partial charge >= 0.3 is 0 Å². The lowest BCUT2D eigenvalue weighted by atomic mass is 9.84. The summed E-state index contributed by atoms with van der Waals surface area (Å²) in [6, 6.07) is 49.8. The standard InChI is InChI=1S/C52H33N3O3/c1-30-11-2-3-12-34(30)31-21-23-32(24-22-31)50-53-51(33-25-26-36-35-13-4-7-17-42(35)57-46(36)29-33)55-52(54-50)41-28-27-38(49-48(41)40-15-6-9-19-44(40)58-49)37-16-10-20-45-47(37)39-14-5-8-18-43(39)56-45/h2-30,34H,1H3. The molecule has 7 aromatic carbocycles. The Morgan fingerprint density at radius 2 is 1.00 bits per heavy atom. The van der Waals surface area contributed by atoms with E-state index in [0.717, 1.165) is 93.6 Å². The maximum absolute atomic E-state index is 6.80. The molecule has 0 amide bonds. The van der Waals surface area contributed by atoms with E-state index in [1.54, 1.807) is 0 Å². The molecule has 11 aromatic rings. The quantitative estimate of drug-likeness (QED) is 0.174. The van der Waals surface area contributed by atoms with Gasteiger partial charge in [-0.3, -0.25) is 0 Å². The fourth-order valence-electron chi connectivity index (χ4n) is 8.83. The number of nitrogens with zero attached hydrogens (tertiary/aromatic N) is 3. The molecule has 4 aromatic heterocycles. The SMILES string of the molecule is CC1C=CC=CC1c1ccc(-c2nc(-c3ccc4c(c3)oc3ccccc34)nc(-c3ccc(-c4cccc5oc6ccccc6c45)c4oc5ccccc5c34)n2)cc1. The van der Waals surface area contributed by atoms with Crippen LogP contribution in [0, 0.1) is 5.92 Å². The number of rotatable bonds is 5. The van der Waals surface area contributed by atoms with Crippen molar-refractivity contribution in [1.82, 2.24) is 15.0 Å². The minimum Gasteiger partial charge on any atom is -0.456 e. The number of para-hydroxylation sites is 3. The lowest BCUT2D eigenvalue weighted by Crippen LogP contribution is -2.07. The molecular formula is C52H33N3O3. The normalized spacial score (nSPS) is 15.5. The minimum atomic E-state index is 0.311. The van der Waals surface area contributed by atoms with Crippen LogP contribution in [0.3, 0.4) is 0 Å². The van der Waals surface area contributed by atoms with Gasteiger partial charge in [0.25, 0.3) is 0 Å². The van der Waals surface area contributed by atoms with E-state index in [1.807, 2.05) is 72.8 Å². The van der Waals surface area contributed by atoms with E-state index in [9.17, 15) is 0 Å². The minimum absolute atomic E-state index is 0.311. The average molecular weight is 748 g/mol. The van der Waals surface area contributed by atoms with Crippen LogP contribution in [0.2, 0.25) is 0 Å². The van der Waals surface area contributed by atoms with Crippen molar-refractivity contribution in [3.05, 3.63) is 175 Å². The first-order valence-corrected chi connectivity index (χ1v) is 19.6. The maximum Gasteiger partial charge on any atom is 0.164 e. The number of hydrogen-bond acceptors (Lipinski definition) is 6. The highest BCUT2D eigenvalue weighted by atomic mass is 16.3. The van der Waals surface area contributed by atoms with Gasteiger partial charge in [0, 0.05) is 60.5 Å². The lowest BCUT2D eigenvalue weighted by Gasteiger charge is -2.21. The van der Waals surface area contributed by atoms with Crippen LogP contribution in [-0.4, -0.2) is 15.0 Å². The first kappa shape index (κ1) is 32.7. The molecule has 0 fully saturated rings. The molecule has 0 bridgehead atoms. The van der Waals surface area contributed by atoms with Crippen molar-refractivity contribution in [2.24, 2.45) is 5.92 Å². The summed E-state index contributed by atoms with van der Waals surface area (Å²) in [5.74, 6) is 2.42. The number of furan rings is 3. The van der Waals surface area contributed by atoms with Crippen molar-refractivity contribution in [2.75, 3.05) is 0 Å². The van der Waals surface area contributed by atoms with E-state index in [-0.39, 0.29) is 0 Å². The maximum atomic E-state index is 6.80. The van der Waals surface area contributed by atoms with E-state index >= 15 is 0 Å². The van der Waals surface area contributed by atoms with Gasteiger partial charge in [-0.2, -0.15) is 0 Å². The van der Waals surface area contributed by atoms with Crippen molar-refractivity contribution in [3.63, 3.8) is 0 Å². The molecule has 6 nitrogen and oxygen atoms in total. The second-order valence-electron chi connectivity index (χ2n) is 15.1. The summed E-state index contributed by atoms with van der Waals surface area (Å²) in [6.45, 7) is 2.26. The number of allylic oxidation sites excluding steroid dienone is 4. The van der Waals surface area contributed by atoms with Gasteiger partial charge in [-0.05, 0) is 65.6 Å². The molecule has 0 N–H and O–H groups in total. The molecule has 6 heteroatoms. The van der Waals surface area contributed by atoms with Crippen molar-refractivity contribution in [2.45, 2.75) is 12.8 Å². The third-order valence-electron chi connectivity index (χ3n) is 11.7. The van der Waals surface area contributed by atoms with E-state index in [4.69, 9.17) is 28.2 Å². The van der Waals surface area contributed by atoms with Crippen LogP contribution < -0.4 is 0 Å². The largest absolute Gasteiger partial charge is 0.456 e. The highest BCUT2D eigenvalue weighted by Crippen LogP contribution is 2.45. The van der Waals surface area contributed by atoms with Crippen molar-refractivity contribution in [1.29, 1.82) is 0 Å². The molecule has 0 aliphatic heterocycles. The summed E-state index contributed by atoms with van der Waals surface area (Å²) < 4.78 is 19.4. The Bertz CT molecular complexity index is 3490. The first-order chi connectivity index (χ1) is 28.6. The summed E-state index contributed by atoms with van der Waals surface area (Å²) in [4.78, 5) is 15.6. The highest BCUT2D eigenvalue weighted by Gasteiger charge is 2.23. The molecule has 0 saturated heterocycles. The Morgan fingerprint density at radius 3 is 1.79 bits per heavy atom. The molecule has 1 aliphatic carbocycles. The fraction of sp³-hybridized carbons (Fsp3) is 0.0577. The zero-order valence-electron chi connectivity index (χ0n) is 31.4. The third-order valence-corrected chi connectivity index (χ3v) is 11.7. The molecule has 12 rings (SSSR count). The van der Waals surface area contributed by atoms with E-state index < -0.39 is 0 Å². The average Bonchev–Trinajstić information content (AvgIpc) is 3.98. The molecule has 0 radical (unpaired) electrons. The molecule has 4 heterocycles. The van der Waals surface area contributed by atoms with Crippen LogP contribution >= 0.6 is 0 Å². The molecule has 0 spiro atoms. The molecule has 58 heavy (non-hydrogen) atoms. The summed E-state index contributed by atoms with van der Waals surface area (Å²) in [5, 5.41) is 6.16. The molecule has 2 unspecified atom stereocenters. The van der Waals surface area contributed by atoms with E-state index in [0.29, 0.717) is 29.3 Å². The predicted octanol–water partition coefficient (Wildman–Crippen LogP) is 14.1. The van der Waals surface area contributed by atoms with Gasteiger partial charge in [-0.1, -0.05) is 128 Å². The molecular weight excluding hydrogens is 715 g/mol. The van der Waals surface area contributed by atoms with E-state index in [1.165, 1.54) is 5.56 Å². The van der Waals surface area contributed by atoms with Gasteiger partial charge in [0.15, 0.2) is 17.5 Å². The van der Waals surface area contributed by atoms with Crippen LogP contribution in [0.25, 0.3) is 111 Å². The summed E-state index contributed by atoms with van der Waals surface area (Å²) in [7, 11) is 0. The van der Waals surface area contributed by atoms with Crippen molar-refractivity contribution < 1.29 is 13.3 Å². The van der Waals surface area contributed by atoms with Crippen LogP contribution in [0.5, 0.6) is 0 Å². The number of fused-ring (bicyclic) bond motifs is 9. The van der Waals surface area contributed by atoms with E-state index in [2.05, 4.69) is 104 Å². The molecule has 274 valence electrons. The fourth-order valence-corrected chi connectivity index (χ4v) is 8.83. The van der Waals surface area contributed by atoms with Crippen LogP contribution in [0.15, 0.2) is 183 Å². The lowest BCUT2D eigenvalue weighted by molar-refractivity contribution is 0.635. The number of hydrogen-bond donors (Lipinski definition) is 0. The number of benzene rings is 7. The Kier molecular flexibility index (Phi) is 7.17. The van der Waals surface area contributed by atoms with Crippen LogP contribution in [0.1, 0.15) is 18.4 Å². The second kappa shape index (κ2) is 12.7.